The summed E-state index contributed by atoms with van der Waals surface area (Å²) in [7, 11) is 0. The zero-order valence-electron chi connectivity index (χ0n) is 9.11. The predicted octanol–water partition coefficient (Wildman–Crippen LogP) is 0.674. The number of nitriles is 1. The normalized spacial score (nSPS) is 17.2. The average Bonchev–Trinajstić information content (AvgIpc) is 2.27. The molecule has 0 N–H and O–H groups in total. The van der Waals surface area contributed by atoms with Crippen LogP contribution in [0.15, 0.2) is 0 Å². The van der Waals surface area contributed by atoms with Crippen molar-refractivity contribution in [3.63, 3.8) is 0 Å². The molecule has 0 spiro atoms. The molecule has 1 saturated heterocycles. The van der Waals surface area contributed by atoms with Gasteiger partial charge in [0.05, 0.1) is 12.7 Å². The lowest BCUT2D eigenvalue weighted by Gasteiger charge is -2.33. The lowest BCUT2D eigenvalue weighted by molar-refractivity contribution is 0.0802. The molecule has 0 aromatic carbocycles. The fourth-order valence-corrected chi connectivity index (χ4v) is 1.58. The van der Waals surface area contributed by atoms with Crippen molar-refractivity contribution >= 4 is 6.09 Å². The number of hydrogen-bond donors (Lipinski definition) is 0. The zero-order chi connectivity index (χ0) is 11.1. The minimum atomic E-state index is -0.225. The van der Waals surface area contributed by atoms with Gasteiger partial charge in [0.2, 0.25) is 0 Å². The maximum atomic E-state index is 11.4. The quantitative estimate of drug-likeness (QED) is 0.688. The van der Waals surface area contributed by atoms with Gasteiger partial charge in [-0.3, -0.25) is 4.90 Å². The fraction of sp³-hybridized carbons (Fsp3) is 0.800. The van der Waals surface area contributed by atoms with Gasteiger partial charge in [-0.05, 0) is 6.92 Å². The van der Waals surface area contributed by atoms with Crippen LogP contribution in [0.25, 0.3) is 0 Å². The number of rotatable bonds is 3. The van der Waals surface area contributed by atoms with E-state index in [2.05, 4.69) is 11.0 Å². The van der Waals surface area contributed by atoms with E-state index < -0.39 is 0 Å². The molecule has 0 bridgehead atoms. The van der Waals surface area contributed by atoms with Crippen LogP contribution in [0, 0.1) is 11.3 Å². The van der Waals surface area contributed by atoms with E-state index in [-0.39, 0.29) is 6.09 Å². The van der Waals surface area contributed by atoms with E-state index in [9.17, 15) is 4.79 Å². The minimum Gasteiger partial charge on any atom is -0.450 e. The average molecular weight is 211 g/mol. The van der Waals surface area contributed by atoms with E-state index in [4.69, 9.17) is 10.00 Å². The number of hydrogen-bond acceptors (Lipinski definition) is 4. The van der Waals surface area contributed by atoms with Gasteiger partial charge in [0.25, 0.3) is 0 Å². The second kappa shape index (κ2) is 6.25. The van der Waals surface area contributed by atoms with Crippen molar-refractivity contribution < 1.29 is 9.53 Å². The van der Waals surface area contributed by atoms with E-state index in [1.165, 1.54) is 0 Å². The molecule has 0 aliphatic carbocycles. The molecule has 1 rings (SSSR count). The molecule has 1 aliphatic rings. The zero-order valence-corrected chi connectivity index (χ0v) is 9.11. The summed E-state index contributed by atoms with van der Waals surface area (Å²) in [5.41, 5.74) is 0. The maximum Gasteiger partial charge on any atom is 0.409 e. The number of ether oxygens (including phenoxy) is 1. The van der Waals surface area contributed by atoms with Crippen LogP contribution in [0.1, 0.15) is 13.3 Å². The summed E-state index contributed by atoms with van der Waals surface area (Å²) >= 11 is 0. The van der Waals surface area contributed by atoms with Crippen LogP contribution in [-0.4, -0.2) is 55.2 Å². The number of carbonyl (C=O) groups excluding carboxylic acids is 1. The Labute approximate surface area is 90.2 Å². The van der Waals surface area contributed by atoms with Gasteiger partial charge >= 0.3 is 6.09 Å². The Hall–Kier alpha value is -1.28. The Bertz CT molecular complexity index is 242. The first-order valence-corrected chi connectivity index (χ1v) is 5.29. The third-order valence-electron chi connectivity index (χ3n) is 2.44. The number of carbonyl (C=O) groups is 1. The van der Waals surface area contributed by atoms with Crippen molar-refractivity contribution in [2.45, 2.75) is 13.3 Å². The van der Waals surface area contributed by atoms with Gasteiger partial charge < -0.3 is 9.64 Å². The van der Waals surface area contributed by atoms with Crippen LogP contribution in [0.2, 0.25) is 0 Å². The van der Waals surface area contributed by atoms with Crippen LogP contribution < -0.4 is 0 Å². The first-order valence-electron chi connectivity index (χ1n) is 5.29. The van der Waals surface area contributed by atoms with Crippen molar-refractivity contribution in [1.29, 1.82) is 5.26 Å². The number of nitrogens with zero attached hydrogens (tertiary/aromatic N) is 3. The number of amides is 1. The third-order valence-corrected chi connectivity index (χ3v) is 2.44. The van der Waals surface area contributed by atoms with Crippen molar-refractivity contribution in [2.24, 2.45) is 0 Å². The molecule has 1 fully saturated rings. The molecule has 0 unspecified atom stereocenters. The summed E-state index contributed by atoms with van der Waals surface area (Å²) in [5.74, 6) is 0. The SMILES string of the molecule is CCOC(=O)N1CCN(CCC#N)CC1. The van der Waals surface area contributed by atoms with Crippen LogP contribution in [0.5, 0.6) is 0 Å². The van der Waals surface area contributed by atoms with Crippen LogP contribution >= 0.6 is 0 Å². The molecule has 15 heavy (non-hydrogen) atoms. The molecule has 5 heteroatoms. The summed E-state index contributed by atoms with van der Waals surface area (Å²) in [6.07, 6.45) is 0.330. The van der Waals surface area contributed by atoms with Gasteiger partial charge in [-0.15, -0.1) is 0 Å². The smallest absolute Gasteiger partial charge is 0.409 e. The molecular formula is C10H17N3O2. The summed E-state index contributed by atoms with van der Waals surface area (Å²) < 4.78 is 4.91. The fourth-order valence-electron chi connectivity index (χ4n) is 1.58. The standard InChI is InChI=1S/C10H17N3O2/c1-2-15-10(14)13-8-6-12(7-9-13)5-3-4-11/h2-3,5-9H2,1H3. The van der Waals surface area contributed by atoms with Crippen LogP contribution in [0.3, 0.4) is 0 Å². The Balaban J connectivity index is 2.23. The van der Waals surface area contributed by atoms with Crippen LogP contribution in [-0.2, 0) is 4.74 Å². The third kappa shape index (κ3) is 3.76. The molecule has 0 aromatic rings. The molecule has 0 radical (unpaired) electrons. The minimum absolute atomic E-state index is 0.225. The lowest BCUT2D eigenvalue weighted by atomic mass is 10.3. The molecule has 1 heterocycles. The largest absolute Gasteiger partial charge is 0.450 e. The van der Waals surface area contributed by atoms with Crippen molar-refractivity contribution in [1.82, 2.24) is 9.80 Å². The summed E-state index contributed by atoms with van der Waals surface area (Å²) in [6, 6.07) is 2.12. The summed E-state index contributed by atoms with van der Waals surface area (Å²) in [6.45, 7) is 6.09. The molecule has 1 amide bonds. The van der Waals surface area contributed by atoms with Crippen molar-refractivity contribution in [2.75, 3.05) is 39.3 Å². The number of piperazine rings is 1. The van der Waals surface area contributed by atoms with Gasteiger partial charge in [0.15, 0.2) is 0 Å². The second-order valence-corrected chi connectivity index (χ2v) is 3.44. The van der Waals surface area contributed by atoms with Gasteiger partial charge in [0, 0.05) is 39.1 Å². The van der Waals surface area contributed by atoms with Gasteiger partial charge in [-0.1, -0.05) is 0 Å². The maximum absolute atomic E-state index is 11.4. The van der Waals surface area contributed by atoms with Gasteiger partial charge in [-0.25, -0.2) is 4.79 Å². The van der Waals surface area contributed by atoms with E-state index >= 15 is 0 Å². The topological polar surface area (TPSA) is 56.6 Å². The molecular weight excluding hydrogens is 194 g/mol. The Morgan fingerprint density at radius 2 is 2.07 bits per heavy atom. The van der Waals surface area contributed by atoms with Crippen molar-refractivity contribution in [3.05, 3.63) is 0 Å². The van der Waals surface area contributed by atoms with E-state index in [1.807, 2.05) is 0 Å². The molecule has 1 aliphatic heterocycles. The molecule has 0 atom stereocenters. The Kier molecular flexibility index (Phi) is 4.91. The van der Waals surface area contributed by atoms with E-state index in [0.717, 1.165) is 19.6 Å². The van der Waals surface area contributed by atoms with Crippen LogP contribution in [0.4, 0.5) is 4.79 Å². The molecule has 84 valence electrons. The predicted molar refractivity (Wildman–Crippen MR) is 55.3 cm³/mol. The highest BCUT2D eigenvalue weighted by atomic mass is 16.6. The lowest BCUT2D eigenvalue weighted by Crippen LogP contribution is -2.48. The highest BCUT2D eigenvalue weighted by Crippen LogP contribution is 2.03. The first-order chi connectivity index (χ1) is 7.27. The Morgan fingerprint density at radius 3 is 2.60 bits per heavy atom. The Morgan fingerprint density at radius 1 is 1.40 bits per heavy atom. The van der Waals surface area contributed by atoms with E-state index in [0.29, 0.717) is 26.1 Å². The van der Waals surface area contributed by atoms with E-state index in [1.54, 1.807) is 11.8 Å². The van der Waals surface area contributed by atoms with Gasteiger partial charge in [-0.2, -0.15) is 5.26 Å². The summed E-state index contributed by atoms with van der Waals surface area (Å²) in [4.78, 5) is 15.3. The molecule has 0 aromatic heterocycles. The second-order valence-electron chi connectivity index (χ2n) is 3.44. The highest BCUT2D eigenvalue weighted by molar-refractivity contribution is 5.67. The molecule has 5 nitrogen and oxygen atoms in total. The van der Waals surface area contributed by atoms with Gasteiger partial charge in [0.1, 0.15) is 0 Å². The monoisotopic (exact) mass is 211 g/mol. The first kappa shape index (κ1) is 11.8. The van der Waals surface area contributed by atoms with Crippen molar-refractivity contribution in [3.8, 4) is 6.07 Å². The summed E-state index contributed by atoms with van der Waals surface area (Å²) in [5, 5.41) is 8.45. The highest BCUT2D eigenvalue weighted by Gasteiger charge is 2.21. The molecule has 0 saturated carbocycles.